The van der Waals surface area contributed by atoms with Crippen molar-refractivity contribution >= 4 is 0 Å². The summed E-state index contributed by atoms with van der Waals surface area (Å²) in [6, 6.07) is 26.3. The summed E-state index contributed by atoms with van der Waals surface area (Å²) in [6.45, 7) is 0.711. The molecule has 4 nitrogen and oxygen atoms in total. The van der Waals surface area contributed by atoms with Crippen LogP contribution in [0.2, 0.25) is 0 Å². The molecule has 4 rings (SSSR count). The highest BCUT2D eigenvalue weighted by Gasteiger charge is 2.07. The van der Waals surface area contributed by atoms with Gasteiger partial charge in [0, 0.05) is 5.56 Å². The van der Waals surface area contributed by atoms with Crippen molar-refractivity contribution in [3.8, 4) is 22.6 Å². The van der Waals surface area contributed by atoms with E-state index < -0.39 is 0 Å². The van der Waals surface area contributed by atoms with Gasteiger partial charge in [-0.3, -0.25) is 0 Å². The molecule has 0 aliphatic rings. The molecule has 0 fully saturated rings. The predicted octanol–water partition coefficient (Wildman–Crippen LogP) is 4.79. The summed E-state index contributed by atoms with van der Waals surface area (Å²) in [5.74, 6) is 1.68. The van der Waals surface area contributed by atoms with Crippen molar-refractivity contribution in [3.63, 3.8) is 0 Å². The summed E-state index contributed by atoms with van der Waals surface area (Å²) in [5.41, 5.74) is 3.36. The van der Waals surface area contributed by atoms with Crippen LogP contribution >= 0.6 is 0 Å². The normalized spacial score (nSPS) is 10.6. The molecule has 0 saturated carbocycles. The molecule has 0 atom stereocenters. The number of ether oxygens (including phenoxy) is 1. The Morgan fingerprint density at radius 1 is 0.800 bits per heavy atom. The minimum atomic E-state index is 0.711. The standard InChI is InChI=1S/C21H17N3O/c1-2-6-19(7-3-1)25-21-9-5-4-8-20(21)18-12-10-17(11-13-18)14-24-16-22-15-23-24/h1-13,15-16H,14H2. The highest BCUT2D eigenvalue weighted by atomic mass is 16.5. The number of rotatable bonds is 5. The summed E-state index contributed by atoms with van der Waals surface area (Å²) < 4.78 is 7.86. The third kappa shape index (κ3) is 3.58. The van der Waals surface area contributed by atoms with Crippen LogP contribution in [0.1, 0.15) is 5.56 Å². The van der Waals surface area contributed by atoms with Gasteiger partial charge in [0.1, 0.15) is 24.2 Å². The molecule has 0 amide bonds. The highest BCUT2D eigenvalue weighted by molar-refractivity contribution is 5.71. The van der Waals surface area contributed by atoms with Gasteiger partial charge in [-0.15, -0.1) is 0 Å². The van der Waals surface area contributed by atoms with E-state index in [-0.39, 0.29) is 0 Å². The Morgan fingerprint density at radius 3 is 2.32 bits per heavy atom. The molecule has 0 saturated heterocycles. The van der Waals surface area contributed by atoms with Crippen molar-refractivity contribution in [1.82, 2.24) is 14.8 Å². The van der Waals surface area contributed by atoms with Crippen molar-refractivity contribution in [2.24, 2.45) is 0 Å². The molecule has 0 radical (unpaired) electrons. The Morgan fingerprint density at radius 2 is 1.56 bits per heavy atom. The van der Waals surface area contributed by atoms with Crippen LogP contribution < -0.4 is 4.74 Å². The van der Waals surface area contributed by atoms with Crippen molar-refractivity contribution < 1.29 is 4.74 Å². The molecule has 4 heteroatoms. The first-order valence-corrected chi connectivity index (χ1v) is 8.12. The van der Waals surface area contributed by atoms with E-state index >= 15 is 0 Å². The van der Waals surface area contributed by atoms with Crippen LogP contribution in [-0.2, 0) is 6.54 Å². The van der Waals surface area contributed by atoms with Crippen LogP contribution in [0.4, 0.5) is 0 Å². The first-order chi connectivity index (χ1) is 12.4. The molecule has 0 N–H and O–H groups in total. The molecule has 0 spiro atoms. The maximum absolute atomic E-state index is 6.06. The van der Waals surface area contributed by atoms with E-state index in [9.17, 15) is 0 Å². The maximum Gasteiger partial charge on any atom is 0.137 e. The lowest BCUT2D eigenvalue weighted by atomic mass is 10.0. The molecule has 0 aliphatic heterocycles. The Balaban J connectivity index is 1.59. The van der Waals surface area contributed by atoms with Gasteiger partial charge in [0.2, 0.25) is 0 Å². The fourth-order valence-corrected chi connectivity index (χ4v) is 2.70. The zero-order valence-electron chi connectivity index (χ0n) is 13.6. The zero-order valence-corrected chi connectivity index (χ0v) is 13.6. The molecule has 122 valence electrons. The first-order valence-electron chi connectivity index (χ1n) is 8.12. The second-order valence-electron chi connectivity index (χ2n) is 5.70. The van der Waals surface area contributed by atoms with Crippen LogP contribution in [0.3, 0.4) is 0 Å². The number of hydrogen-bond donors (Lipinski definition) is 0. The number of nitrogens with zero attached hydrogens (tertiary/aromatic N) is 3. The Bertz CT molecular complexity index is 933. The van der Waals surface area contributed by atoms with E-state index in [0.717, 1.165) is 22.6 Å². The fourth-order valence-electron chi connectivity index (χ4n) is 2.70. The van der Waals surface area contributed by atoms with Crippen LogP contribution in [0.5, 0.6) is 11.5 Å². The van der Waals surface area contributed by atoms with Crippen LogP contribution in [0.25, 0.3) is 11.1 Å². The highest BCUT2D eigenvalue weighted by Crippen LogP contribution is 2.33. The summed E-state index contributed by atoms with van der Waals surface area (Å²) in [4.78, 5) is 3.97. The molecule has 3 aromatic carbocycles. The van der Waals surface area contributed by atoms with Crippen molar-refractivity contribution in [3.05, 3.63) is 97.1 Å². The van der Waals surface area contributed by atoms with Crippen molar-refractivity contribution in [1.29, 1.82) is 0 Å². The summed E-state index contributed by atoms with van der Waals surface area (Å²) in [5, 5.41) is 4.14. The van der Waals surface area contributed by atoms with E-state index in [2.05, 4.69) is 40.4 Å². The summed E-state index contributed by atoms with van der Waals surface area (Å²) >= 11 is 0. The van der Waals surface area contributed by atoms with Gasteiger partial charge in [0.15, 0.2) is 0 Å². The minimum Gasteiger partial charge on any atom is -0.457 e. The van der Waals surface area contributed by atoms with Gasteiger partial charge >= 0.3 is 0 Å². The number of hydrogen-bond acceptors (Lipinski definition) is 3. The van der Waals surface area contributed by atoms with Gasteiger partial charge in [-0.25, -0.2) is 9.67 Å². The molecule has 25 heavy (non-hydrogen) atoms. The van der Waals surface area contributed by atoms with E-state index in [0.29, 0.717) is 6.54 Å². The average molecular weight is 327 g/mol. The number of benzene rings is 3. The van der Waals surface area contributed by atoms with Crippen LogP contribution in [0.15, 0.2) is 91.5 Å². The van der Waals surface area contributed by atoms with Gasteiger partial charge in [-0.05, 0) is 29.3 Å². The number of aromatic nitrogens is 3. The summed E-state index contributed by atoms with van der Waals surface area (Å²) in [6.07, 6.45) is 3.27. The molecule has 0 unspecified atom stereocenters. The average Bonchev–Trinajstić information content (AvgIpc) is 3.17. The zero-order chi connectivity index (χ0) is 16.9. The topological polar surface area (TPSA) is 39.9 Å². The molecular formula is C21H17N3O. The van der Waals surface area contributed by atoms with E-state index in [4.69, 9.17) is 4.74 Å². The number of para-hydroxylation sites is 2. The lowest BCUT2D eigenvalue weighted by Gasteiger charge is -2.12. The van der Waals surface area contributed by atoms with Gasteiger partial charge < -0.3 is 4.74 Å². The third-order valence-corrected chi connectivity index (χ3v) is 3.93. The van der Waals surface area contributed by atoms with Gasteiger partial charge in [-0.1, -0.05) is 60.7 Å². The van der Waals surface area contributed by atoms with Crippen molar-refractivity contribution in [2.75, 3.05) is 0 Å². The molecule has 4 aromatic rings. The Labute approximate surface area is 146 Å². The monoisotopic (exact) mass is 327 g/mol. The molecular weight excluding hydrogens is 310 g/mol. The van der Waals surface area contributed by atoms with E-state index in [1.165, 1.54) is 5.56 Å². The lowest BCUT2D eigenvalue weighted by Crippen LogP contribution is -1.99. The molecule has 0 bridgehead atoms. The minimum absolute atomic E-state index is 0.711. The molecule has 0 aliphatic carbocycles. The second-order valence-corrected chi connectivity index (χ2v) is 5.70. The quantitative estimate of drug-likeness (QED) is 0.529. The predicted molar refractivity (Wildman–Crippen MR) is 97.5 cm³/mol. The summed E-state index contributed by atoms with van der Waals surface area (Å²) in [7, 11) is 0. The van der Waals surface area contributed by atoms with Crippen LogP contribution in [-0.4, -0.2) is 14.8 Å². The molecule has 1 aromatic heterocycles. The van der Waals surface area contributed by atoms with Gasteiger partial charge in [-0.2, -0.15) is 5.10 Å². The van der Waals surface area contributed by atoms with Gasteiger partial charge in [0.25, 0.3) is 0 Å². The van der Waals surface area contributed by atoms with E-state index in [1.54, 1.807) is 12.7 Å². The van der Waals surface area contributed by atoms with Crippen molar-refractivity contribution in [2.45, 2.75) is 6.54 Å². The van der Waals surface area contributed by atoms with E-state index in [1.807, 2.05) is 53.2 Å². The van der Waals surface area contributed by atoms with Gasteiger partial charge in [0.05, 0.1) is 6.54 Å². The lowest BCUT2D eigenvalue weighted by molar-refractivity contribution is 0.484. The fraction of sp³-hybridized carbons (Fsp3) is 0.0476. The maximum atomic E-state index is 6.06. The molecule has 1 heterocycles. The third-order valence-electron chi connectivity index (χ3n) is 3.93. The first kappa shape index (κ1) is 15.1. The largest absolute Gasteiger partial charge is 0.457 e. The Kier molecular flexibility index (Phi) is 4.25. The SMILES string of the molecule is c1ccc(Oc2ccccc2-c2ccc(Cn3cncn3)cc2)cc1. The second kappa shape index (κ2) is 7.01. The smallest absolute Gasteiger partial charge is 0.137 e. The van der Waals surface area contributed by atoms with Crippen LogP contribution in [0, 0.1) is 0 Å². The Hall–Kier alpha value is -3.40.